The zero-order valence-electron chi connectivity index (χ0n) is 11.6. The van der Waals surface area contributed by atoms with Crippen molar-refractivity contribution >= 4 is 18.3 Å². The Labute approximate surface area is 130 Å². The average Bonchev–Trinajstić information content (AvgIpc) is 2.56. The van der Waals surface area contributed by atoms with E-state index in [4.69, 9.17) is 18.4 Å². The van der Waals surface area contributed by atoms with Crippen LogP contribution in [0.4, 0.5) is 5.69 Å². The molecule has 3 aromatic rings. The molecule has 0 unspecified atom stereocenters. The van der Waals surface area contributed by atoms with E-state index in [0.717, 1.165) is 22.4 Å². The van der Waals surface area contributed by atoms with Gasteiger partial charge in [-0.2, -0.15) is 0 Å². The molecular formula is C19H16NS. The third-order valence-electron chi connectivity index (χ3n) is 3.70. The zero-order valence-corrected chi connectivity index (χ0v) is 12.4. The van der Waals surface area contributed by atoms with Gasteiger partial charge >= 0.3 is 0 Å². The van der Waals surface area contributed by atoms with Crippen LogP contribution in [0.15, 0.2) is 84.9 Å². The van der Waals surface area contributed by atoms with Crippen LogP contribution in [-0.2, 0) is 4.75 Å². The van der Waals surface area contributed by atoms with E-state index >= 15 is 0 Å². The normalized spacial score (nSPS) is 11.3. The SMILES string of the molecule is Nc1ccccc1C([S])(c1ccccc1)c1ccccc1. The summed E-state index contributed by atoms with van der Waals surface area (Å²) in [6, 6.07) is 28.1. The van der Waals surface area contributed by atoms with E-state index in [1.165, 1.54) is 0 Å². The van der Waals surface area contributed by atoms with E-state index in [1.807, 2.05) is 60.7 Å². The largest absolute Gasteiger partial charge is 0.398 e. The molecule has 0 aliphatic rings. The molecule has 0 aliphatic carbocycles. The van der Waals surface area contributed by atoms with Crippen molar-refractivity contribution in [3.63, 3.8) is 0 Å². The second kappa shape index (κ2) is 5.66. The maximum atomic E-state index is 6.21. The predicted octanol–water partition coefficient (Wildman–Crippen LogP) is 4.76. The Kier molecular flexibility index (Phi) is 3.72. The van der Waals surface area contributed by atoms with Crippen LogP contribution in [0, 0.1) is 0 Å². The van der Waals surface area contributed by atoms with Gasteiger partial charge < -0.3 is 5.73 Å². The van der Waals surface area contributed by atoms with Crippen molar-refractivity contribution in [1.82, 2.24) is 0 Å². The highest BCUT2D eigenvalue weighted by Gasteiger charge is 2.34. The van der Waals surface area contributed by atoms with E-state index < -0.39 is 4.75 Å². The molecule has 0 aliphatic heterocycles. The summed E-state index contributed by atoms with van der Waals surface area (Å²) in [5, 5.41) is 0. The van der Waals surface area contributed by atoms with Crippen LogP contribution < -0.4 is 5.73 Å². The van der Waals surface area contributed by atoms with E-state index in [0.29, 0.717) is 0 Å². The molecule has 2 N–H and O–H groups in total. The van der Waals surface area contributed by atoms with Gasteiger partial charge in [0.2, 0.25) is 0 Å². The van der Waals surface area contributed by atoms with Crippen LogP contribution in [0.25, 0.3) is 0 Å². The van der Waals surface area contributed by atoms with Crippen LogP contribution in [0.5, 0.6) is 0 Å². The summed E-state index contributed by atoms with van der Waals surface area (Å²) < 4.78 is -0.673. The van der Waals surface area contributed by atoms with Crippen molar-refractivity contribution in [1.29, 1.82) is 0 Å². The number of para-hydroxylation sites is 1. The average molecular weight is 290 g/mol. The van der Waals surface area contributed by atoms with Gasteiger partial charge in [0.05, 0.1) is 0 Å². The lowest BCUT2D eigenvalue weighted by atomic mass is 9.83. The highest BCUT2D eigenvalue weighted by Crippen LogP contribution is 2.44. The Bertz CT molecular complexity index is 683. The highest BCUT2D eigenvalue weighted by molar-refractivity contribution is 7.81. The third kappa shape index (κ3) is 2.43. The first-order valence-electron chi connectivity index (χ1n) is 6.89. The monoisotopic (exact) mass is 290 g/mol. The first kappa shape index (κ1) is 13.8. The Hall–Kier alpha value is -2.19. The Morgan fingerprint density at radius 1 is 0.619 bits per heavy atom. The predicted molar refractivity (Wildman–Crippen MR) is 91.2 cm³/mol. The molecule has 0 amide bonds. The van der Waals surface area contributed by atoms with Gasteiger partial charge in [-0.05, 0) is 17.2 Å². The minimum atomic E-state index is -0.673. The van der Waals surface area contributed by atoms with Crippen molar-refractivity contribution in [2.24, 2.45) is 0 Å². The van der Waals surface area contributed by atoms with Gasteiger partial charge in [-0.3, -0.25) is 0 Å². The summed E-state index contributed by atoms with van der Waals surface area (Å²) >= 11 is 6.11. The molecule has 21 heavy (non-hydrogen) atoms. The maximum absolute atomic E-state index is 6.21. The quantitative estimate of drug-likeness (QED) is 0.546. The van der Waals surface area contributed by atoms with E-state index in [-0.39, 0.29) is 0 Å². The summed E-state index contributed by atoms with van der Waals surface area (Å²) in [7, 11) is 0. The fourth-order valence-electron chi connectivity index (χ4n) is 2.64. The highest BCUT2D eigenvalue weighted by atomic mass is 32.1. The zero-order chi connectivity index (χ0) is 14.7. The second-order valence-corrected chi connectivity index (χ2v) is 5.61. The molecule has 1 nitrogen and oxygen atoms in total. The molecule has 0 saturated heterocycles. The number of nitrogens with two attached hydrogens (primary N) is 1. The van der Waals surface area contributed by atoms with Gasteiger partial charge in [-0.15, -0.1) is 0 Å². The first-order chi connectivity index (χ1) is 10.2. The standard InChI is InChI=1S/C19H16NS/c20-18-14-8-7-13-17(18)19(21,15-9-3-1-4-10-15)16-11-5-2-6-12-16/h1-14H,20H2. The minimum absolute atomic E-state index is 0.673. The molecule has 0 saturated carbocycles. The number of hydrogen-bond acceptors (Lipinski definition) is 1. The van der Waals surface area contributed by atoms with Crippen LogP contribution in [0.3, 0.4) is 0 Å². The van der Waals surface area contributed by atoms with Crippen molar-refractivity contribution < 1.29 is 0 Å². The summed E-state index contributed by atoms with van der Waals surface area (Å²) in [6.07, 6.45) is 0. The molecule has 3 rings (SSSR count). The molecule has 103 valence electrons. The Morgan fingerprint density at radius 2 is 1.05 bits per heavy atom. The fraction of sp³-hybridized carbons (Fsp3) is 0.0526. The van der Waals surface area contributed by atoms with Crippen LogP contribution in [-0.4, -0.2) is 0 Å². The van der Waals surface area contributed by atoms with E-state index in [1.54, 1.807) is 0 Å². The molecule has 0 fully saturated rings. The summed E-state index contributed by atoms with van der Waals surface area (Å²) in [5.74, 6) is 0. The number of benzene rings is 3. The Morgan fingerprint density at radius 3 is 1.52 bits per heavy atom. The van der Waals surface area contributed by atoms with Crippen molar-refractivity contribution in [3.05, 3.63) is 102 Å². The van der Waals surface area contributed by atoms with Gasteiger partial charge in [0, 0.05) is 11.3 Å². The molecule has 0 bridgehead atoms. The molecule has 1 radical (unpaired) electrons. The molecule has 3 aromatic carbocycles. The first-order valence-corrected chi connectivity index (χ1v) is 7.30. The third-order valence-corrected chi connectivity index (χ3v) is 4.39. The molecule has 0 aromatic heterocycles. The van der Waals surface area contributed by atoms with Gasteiger partial charge in [-0.1, -0.05) is 91.5 Å². The molecule has 0 atom stereocenters. The summed E-state index contributed by atoms with van der Waals surface area (Å²) in [6.45, 7) is 0. The summed E-state index contributed by atoms with van der Waals surface area (Å²) in [4.78, 5) is 0. The maximum Gasteiger partial charge on any atom is 0.103 e. The van der Waals surface area contributed by atoms with Crippen LogP contribution in [0.2, 0.25) is 0 Å². The molecule has 2 heteroatoms. The van der Waals surface area contributed by atoms with Crippen molar-refractivity contribution in [3.8, 4) is 0 Å². The number of rotatable bonds is 3. The smallest absolute Gasteiger partial charge is 0.103 e. The summed E-state index contributed by atoms with van der Waals surface area (Å²) in [5.41, 5.74) is 10.0. The second-order valence-electron chi connectivity index (χ2n) is 5.00. The lowest BCUT2D eigenvalue weighted by Crippen LogP contribution is -2.23. The van der Waals surface area contributed by atoms with Gasteiger partial charge in [0.1, 0.15) is 4.75 Å². The van der Waals surface area contributed by atoms with Gasteiger partial charge in [-0.25, -0.2) is 0 Å². The van der Waals surface area contributed by atoms with Crippen molar-refractivity contribution in [2.45, 2.75) is 4.75 Å². The topological polar surface area (TPSA) is 26.0 Å². The molecule has 0 spiro atoms. The van der Waals surface area contributed by atoms with Crippen LogP contribution in [0.1, 0.15) is 16.7 Å². The number of hydrogen-bond donors (Lipinski definition) is 1. The van der Waals surface area contributed by atoms with Gasteiger partial charge in [0.15, 0.2) is 0 Å². The fourth-order valence-corrected chi connectivity index (χ4v) is 3.10. The van der Waals surface area contributed by atoms with Crippen molar-refractivity contribution in [2.75, 3.05) is 5.73 Å². The lowest BCUT2D eigenvalue weighted by Gasteiger charge is -2.30. The van der Waals surface area contributed by atoms with E-state index in [2.05, 4.69) is 24.3 Å². The number of anilines is 1. The molecular weight excluding hydrogens is 274 g/mol. The van der Waals surface area contributed by atoms with Crippen LogP contribution >= 0.6 is 12.6 Å². The number of nitrogen functional groups attached to an aromatic ring is 1. The van der Waals surface area contributed by atoms with E-state index in [9.17, 15) is 0 Å². The molecule has 0 heterocycles. The lowest BCUT2D eigenvalue weighted by molar-refractivity contribution is 0.908. The van der Waals surface area contributed by atoms with Gasteiger partial charge in [0.25, 0.3) is 0 Å². The Balaban J connectivity index is 2.29. The minimum Gasteiger partial charge on any atom is -0.398 e.